The Morgan fingerprint density at radius 3 is 2.50 bits per heavy atom. The third-order valence-corrected chi connectivity index (χ3v) is 6.46. The first-order chi connectivity index (χ1) is 13.3. The lowest BCUT2D eigenvalue weighted by atomic mass is 10.2. The number of nitrogens with zero attached hydrogens (tertiary/aromatic N) is 1. The predicted octanol–water partition coefficient (Wildman–Crippen LogP) is 2.04. The number of hydrogen-bond acceptors (Lipinski definition) is 7. The Hall–Kier alpha value is -2.59. The third kappa shape index (κ3) is 5.23. The zero-order chi connectivity index (χ0) is 20.1. The van der Waals surface area contributed by atoms with Crippen molar-refractivity contribution in [1.29, 1.82) is 0 Å². The van der Waals surface area contributed by atoms with E-state index in [1.807, 2.05) is 16.5 Å². The third-order valence-electron chi connectivity index (χ3n) is 3.87. The van der Waals surface area contributed by atoms with Crippen LogP contribution in [-0.4, -0.2) is 42.8 Å². The van der Waals surface area contributed by atoms with Crippen LogP contribution in [0.15, 0.2) is 47.5 Å². The molecule has 1 aromatic heterocycles. The monoisotopic (exact) mass is 421 g/mol. The number of aromatic nitrogens is 1. The van der Waals surface area contributed by atoms with E-state index in [1.54, 1.807) is 12.1 Å². The van der Waals surface area contributed by atoms with Crippen molar-refractivity contribution in [3.63, 3.8) is 0 Å². The van der Waals surface area contributed by atoms with Crippen molar-refractivity contribution in [2.24, 2.45) is 0 Å². The van der Waals surface area contributed by atoms with Crippen LogP contribution in [0.4, 0.5) is 5.69 Å². The molecule has 2 heterocycles. The lowest BCUT2D eigenvalue weighted by Gasteiger charge is -2.11. The van der Waals surface area contributed by atoms with Gasteiger partial charge >= 0.3 is 0 Å². The van der Waals surface area contributed by atoms with Gasteiger partial charge in [-0.25, -0.2) is 18.1 Å². The van der Waals surface area contributed by atoms with Crippen molar-refractivity contribution in [2.75, 3.05) is 16.8 Å². The molecule has 10 heteroatoms. The van der Waals surface area contributed by atoms with Crippen LogP contribution in [-0.2, 0) is 14.8 Å². The fourth-order valence-corrected chi connectivity index (χ4v) is 4.61. The summed E-state index contributed by atoms with van der Waals surface area (Å²) in [6.07, 6.45) is 2.58. The topological polar surface area (TPSA) is 114 Å². The molecule has 0 aliphatic carbocycles. The molecule has 2 amide bonds. The van der Waals surface area contributed by atoms with Gasteiger partial charge in [0.2, 0.25) is 11.8 Å². The average molecular weight is 422 g/mol. The molecule has 0 radical (unpaired) electrons. The van der Waals surface area contributed by atoms with Gasteiger partial charge in [-0.3, -0.25) is 9.59 Å². The lowest BCUT2D eigenvalue weighted by Crippen LogP contribution is -2.28. The van der Waals surface area contributed by atoms with E-state index in [2.05, 4.69) is 10.3 Å². The van der Waals surface area contributed by atoms with E-state index in [4.69, 9.17) is 4.74 Å². The minimum atomic E-state index is -3.91. The Balaban J connectivity index is 1.61. The molecule has 28 heavy (non-hydrogen) atoms. The van der Waals surface area contributed by atoms with Crippen molar-refractivity contribution >= 4 is 39.3 Å². The Kier molecular flexibility index (Phi) is 6.20. The number of anilines is 1. The number of rotatable bonds is 6. The highest BCUT2D eigenvalue weighted by atomic mass is 32.2. The van der Waals surface area contributed by atoms with Crippen LogP contribution in [0.25, 0.3) is 0 Å². The van der Waals surface area contributed by atoms with Crippen molar-refractivity contribution in [2.45, 2.75) is 24.3 Å². The summed E-state index contributed by atoms with van der Waals surface area (Å²) in [6.45, 7) is 1.11. The van der Waals surface area contributed by atoms with Crippen molar-refractivity contribution in [3.8, 4) is 5.88 Å². The van der Waals surface area contributed by atoms with Crippen LogP contribution >= 0.6 is 11.8 Å². The molecule has 148 valence electrons. The molecule has 1 aliphatic heterocycles. The van der Waals surface area contributed by atoms with Crippen molar-refractivity contribution in [3.05, 3.63) is 48.2 Å². The normalized spacial score (nSPS) is 16.4. The first kappa shape index (κ1) is 20.2. The van der Waals surface area contributed by atoms with Crippen LogP contribution in [0, 0.1) is 0 Å². The van der Waals surface area contributed by atoms with E-state index in [1.165, 1.54) is 30.5 Å². The maximum Gasteiger partial charge on any atom is 0.264 e. The SMILES string of the molecule is CC(=O)NS(=O)(=O)c1ccc(NC(=O)c2ccc(O[C@@H]3CCSC3)nc2)cc1. The largest absolute Gasteiger partial charge is 0.473 e. The van der Waals surface area contributed by atoms with Crippen LogP contribution in [0.3, 0.4) is 0 Å². The second-order valence-corrected chi connectivity index (χ2v) is 8.96. The minimum absolute atomic E-state index is 0.0751. The first-order valence-electron chi connectivity index (χ1n) is 8.49. The number of hydrogen-bond donors (Lipinski definition) is 2. The molecule has 2 N–H and O–H groups in total. The van der Waals surface area contributed by atoms with Gasteiger partial charge in [-0.05, 0) is 42.5 Å². The maximum atomic E-state index is 12.3. The molecule has 2 aromatic rings. The van der Waals surface area contributed by atoms with Crippen LogP contribution < -0.4 is 14.8 Å². The van der Waals surface area contributed by atoms with E-state index in [0.717, 1.165) is 24.9 Å². The summed E-state index contributed by atoms with van der Waals surface area (Å²) in [5, 5.41) is 2.66. The molecule has 1 aromatic carbocycles. The van der Waals surface area contributed by atoms with Crippen LogP contribution in [0.5, 0.6) is 5.88 Å². The fraction of sp³-hybridized carbons (Fsp3) is 0.278. The highest BCUT2D eigenvalue weighted by Gasteiger charge is 2.18. The molecule has 1 fully saturated rings. The van der Waals surface area contributed by atoms with Gasteiger partial charge in [-0.15, -0.1) is 0 Å². The molecular weight excluding hydrogens is 402 g/mol. The van der Waals surface area contributed by atoms with Crippen molar-refractivity contribution in [1.82, 2.24) is 9.71 Å². The summed E-state index contributed by atoms with van der Waals surface area (Å²) >= 11 is 1.84. The van der Waals surface area contributed by atoms with Gasteiger partial charge in [0.15, 0.2) is 0 Å². The number of carbonyl (C=O) groups is 2. The van der Waals surface area contributed by atoms with Crippen LogP contribution in [0.2, 0.25) is 0 Å². The van der Waals surface area contributed by atoms with E-state index >= 15 is 0 Å². The number of thioether (sulfide) groups is 1. The Morgan fingerprint density at radius 2 is 1.93 bits per heavy atom. The highest BCUT2D eigenvalue weighted by molar-refractivity contribution is 7.99. The number of carbonyl (C=O) groups excluding carboxylic acids is 2. The lowest BCUT2D eigenvalue weighted by molar-refractivity contribution is -0.117. The number of ether oxygens (including phenoxy) is 1. The van der Waals surface area contributed by atoms with Gasteiger partial charge in [0, 0.05) is 30.6 Å². The summed E-state index contributed by atoms with van der Waals surface area (Å²) in [4.78, 5) is 27.4. The van der Waals surface area contributed by atoms with E-state index in [9.17, 15) is 18.0 Å². The van der Waals surface area contributed by atoms with Gasteiger partial charge in [0.1, 0.15) is 6.10 Å². The molecule has 1 atom stereocenters. The summed E-state index contributed by atoms with van der Waals surface area (Å²) in [5.41, 5.74) is 0.762. The Bertz CT molecular complexity index is 954. The summed E-state index contributed by atoms with van der Waals surface area (Å²) in [7, 11) is -3.91. The quantitative estimate of drug-likeness (QED) is 0.733. The number of sulfonamides is 1. The molecule has 1 saturated heterocycles. The summed E-state index contributed by atoms with van der Waals surface area (Å²) in [5.74, 6) is 1.45. The summed E-state index contributed by atoms with van der Waals surface area (Å²) < 4.78 is 31.5. The molecular formula is C18H19N3O5S2. The van der Waals surface area contributed by atoms with E-state index in [0.29, 0.717) is 17.1 Å². The smallest absolute Gasteiger partial charge is 0.264 e. The van der Waals surface area contributed by atoms with Crippen molar-refractivity contribution < 1.29 is 22.7 Å². The average Bonchev–Trinajstić information content (AvgIpc) is 3.15. The Labute approximate surface area is 167 Å². The summed E-state index contributed by atoms with van der Waals surface area (Å²) in [6, 6.07) is 8.76. The number of pyridine rings is 1. The fourth-order valence-electron chi connectivity index (χ4n) is 2.53. The van der Waals surface area contributed by atoms with E-state index in [-0.39, 0.29) is 16.9 Å². The van der Waals surface area contributed by atoms with Gasteiger partial charge in [-0.1, -0.05) is 0 Å². The molecule has 1 aliphatic rings. The standard InChI is InChI=1S/C18H19N3O5S2/c1-12(22)21-28(24,25)16-5-3-14(4-6-16)20-18(23)13-2-7-17(19-10-13)26-15-8-9-27-11-15/h2-7,10,15H,8-9,11H2,1H3,(H,20,23)(H,21,22)/t15-/m1/s1. The zero-order valence-electron chi connectivity index (χ0n) is 15.0. The van der Waals surface area contributed by atoms with Crippen LogP contribution in [0.1, 0.15) is 23.7 Å². The van der Waals surface area contributed by atoms with E-state index < -0.39 is 15.9 Å². The molecule has 0 bridgehead atoms. The molecule has 0 saturated carbocycles. The molecule has 3 rings (SSSR count). The first-order valence-corrected chi connectivity index (χ1v) is 11.1. The second kappa shape index (κ2) is 8.61. The Morgan fingerprint density at radius 1 is 1.18 bits per heavy atom. The number of amides is 2. The molecule has 0 spiro atoms. The minimum Gasteiger partial charge on any atom is -0.473 e. The van der Waals surface area contributed by atoms with Gasteiger partial charge in [0.25, 0.3) is 15.9 Å². The maximum absolute atomic E-state index is 12.3. The molecule has 8 nitrogen and oxygen atoms in total. The number of benzene rings is 1. The van der Waals surface area contributed by atoms with Gasteiger partial charge in [0.05, 0.1) is 10.5 Å². The second-order valence-electron chi connectivity index (χ2n) is 6.13. The van der Waals surface area contributed by atoms with Gasteiger partial charge < -0.3 is 10.1 Å². The molecule has 0 unspecified atom stereocenters. The highest BCUT2D eigenvalue weighted by Crippen LogP contribution is 2.22. The number of nitrogens with one attached hydrogen (secondary N) is 2. The zero-order valence-corrected chi connectivity index (χ0v) is 16.7. The van der Waals surface area contributed by atoms with Gasteiger partial charge in [-0.2, -0.15) is 11.8 Å². The predicted molar refractivity (Wildman–Crippen MR) is 106 cm³/mol.